The summed E-state index contributed by atoms with van der Waals surface area (Å²) in [5, 5.41) is 3.62. The van der Waals surface area contributed by atoms with Crippen LogP contribution in [0.1, 0.15) is 0 Å². The summed E-state index contributed by atoms with van der Waals surface area (Å²) in [5.74, 6) is 0. The number of hydrogen-bond donors (Lipinski definition) is 0. The third-order valence-electron chi connectivity index (χ3n) is 2.37. The molecule has 0 bridgehead atoms. The fourth-order valence-electron chi connectivity index (χ4n) is 1.48. The van der Waals surface area contributed by atoms with Crippen LogP contribution in [0.5, 0.6) is 0 Å². The molecule has 21 heavy (non-hydrogen) atoms. The Morgan fingerprint density at radius 2 is 1.67 bits per heavy atom. The van der Waals surface area contributed by atoms with Crippen molar-refractivity contribution in [3.05, 3.63) is 60.0 Å². The number of halogens is 1. The highest BCUT2D eigenvalue weighted by Gasteiger charge is 2.07. The van der Waals surface area contributed by atoms with Gasteiger partial charge in [-0.15, -0.1) is 0 Å². The number of aromatic nitrogens is 4. The minimum Gasteiger partial charge on any atom is -0.250 e. The molecule has 0 N–H and O–H groups in total. The maximum Gasteiger partial charge on any atom is 0.195 e. The molecule has 0 fully saturated rings. The van der Waals surface area contributed by atoms with E-state index in [0.717, 1.165) is 10.1 Å². The van der Waals surface area contributed by atoms with Gasteiger partial charge in [0.25, 0.3) is 0 Å². The van der Waals surface area contributed by atoms with Crippen molar-refractivity contribution in [1.82, 2.24) is 19.9 Å². The highest BCUT2D eigenvalue weighted by atomic mass is 35.5. The van der Waals surface area contributed by atoms with Gasteiger partial charge in [-0.25, -0.2) is 19.9 Å². The third-order valence-corrected chi connectivity index (χ3v) is 4.57. The highest BCUT2D eigenvalue weighted by Crippen LogP contribution is 2.30. The largest absolute Gasteiger partial charge is 0.250 e. The second-order valence-electron chi connectivity index (χ2n) is 3.84. The maximum atomic E-state index is 6.09. The van der Waals surface area contributed by atoms with E-state index in [4.69, 9.17) is 11.6 Å². The lowest BCUT2D eigenvalue weighted by atomic mass is 10.5. The first kappa shape index (κ1) is 14.3. The minimum atomic E-state index is 0.592. The van der Waals surface area contributed by atoms with Gasteiger partial charge in [0, 0.05) is 18.6 Å². The maximum absolute atomic E-state index is 6.09. The molecule has 3 aromatic heterocycles. The van der Waals surface area contributed by atoms with Crippen LogP contribution in [0.4, 0.5) is 0 Å². The van der Waals surface area contributed by atoms with E-state index in [1.807, 2.05) is 24.3 Å². The van der Waals surface area contributed by atoms with Crippen LogP contribution >= 0.6 is 35.1 Å². The zero-order valence-electron chi connectivity index (χ0n) is 10.7. The second kappa shape index (κ2) is 6.89. The van der Waals surface area contributed by atoms with Gasteiger partial charge in [0.15, 0.2) is 5.16 Å². The molecule has 0 aromatic carbocycles. The van der Waals surface area contributed by atoms with Gasteiger partial charge in [-0.3, -0.25) is 0 Å². The zero-order chi connectivity index (χ0) is 14.5. The van der Waals surface area contributed by atoms with E-state index in [2.05, 4.69) is 19.9 Å². The van der Waals surface area contributed by atoms with E-state index >= 15 is 0 Å². The third kappa shape index (κ3) is 3.93. The van der Waals surface area contributed by atoms with Crippen LogP contribution in [-0.4, -0.2) is 19.9 Å². The fourth-order valence-corrected chi connectivity index (χ4v) is 3.22. The predicted molar refractivity (Wildman–Crippen MR) is 83.8 cm³/mol. The topological polar surface area (TPSA) is 51.6 Å². The summed E-state index contributed by atoms with van der Waals surface area (Å²) >= 11 is 8.92. The first-order chi connectivity index (χ1) is 10.3. The lowest BCUT2D eigenvalue weighted by molar-refractivity contribution is 0.886. The number of hydrogen-bond acceptors (Lipinski definition) is 6. The van der Waals surface area contributed by atoms with Crippen molar-refractivity contribution >= 4 is 35.1 Å². The molecule has 0 radical (unpaired) electrons. The molecule has 0 spiro atoms. The van der Waals surface area contributed by atoms with Crippen molar-refractivity contribution in [2.24, 2.45) is 0 Å². The van der Waals surface area contributed by atoms with Crippen molar-refractivity contribution in [3.63, 3.8) is 0 Å². The summed E-state index contributed by atoms with van der Waals surface area (Å²) in [7, 11) is 0. The Kier molecular flexibility index (Phi) is 4.69. The molecule has 0 saturated heterocycles. The molecule has 3 rings (SSSR count). The molecule has 0 amide bonds. The van der Waals surface area contributed by atoms with Gasteiger partial charge in [-0.2, -0.15) is 0 Å². The van der Waals surface area contributed by atoms with Crippen LogP contribution in [0.25, 0.3) is 0 Å². The molecule has 3 heterocycles. The Morgan fingerprint density at radius 1 is 0.762 bits per heavy atom. The van der Waals surface area contributed by atoms with Gasteiger partial charge in [0.1, 0.15) is 15.1 Å². The van der Waals surface area contributed by atoms with Crippen molar-refractivity contribution in [3.8, 4) is 0 Å². The standard InChI is InChI=1S/C14H9ClN4S2/c15-10-4-3-8-17-13(10)21-14-18-9-6-12(19-14)20-11-5-1-2-7-16-11/h1-9H. The summed E-state index contributed by atoms with van der Waals surface area (Å²) in [4.78, 5) is 17.2. The Morgan fingerprint density at radius 3 is 2.48 bits per heavy atom. The monoisotopic (exact) mass is 332 g/mol. The van der Waals surface area contributed by atoms with Gasteiger partial charge >= 0.3 is 0 Å². The average Bonchev–Trinajstić information content (AvgIpc) is 2.51. The summed E-state index contributed by atoms with van der Waals surface area (Å²) < 4.78 is 0. The van der Waals surface area contributed by atoms with Crippen LogP contribution in [0.3, 0.4) is 0 Å². The molecular weight excluding hydrogens is 324 g/mol. The van der Waals surface area contributed by atoms with Gasteiger partial charge in [0.2, 0.25) is 0 Å². The Balaban J connectivity index is 1.79. The van der Waals surface area contributed by atoms with Gasteiger partial charge < -0.3 is 0 Å². The van der Waals surface area contributed by atoms with E-state index in [1.165, 1.54) is 23.5 Å². The van der Waals surface area contributed by atoms with Gasteiger partial charge in [-0.1, -0.05) is 17.7 Å². The van der Waals surface area contributed by atoms with Gasteiger partial charge in [0.05, 0.1) is 5.02 Å². The molecule has 0 atom stereocenters. The Bertz CT molecular complexity index is 740. The van der Waals surface area contributed by atoms with Crippen LogP contribution in [-0.2, 0) is 0 Å². The molecule has 4 nitrogen and oxygen atoms in total. The van der Waals surface area contributed by atoms with E-state index < -0.39 is 0 Å². The first-order valence-corrected chi connectivity index (χ1v) is 8.03. The van der Waals surface area contributed by atoms with Crippen molar-refractivity contribution < 1.29 is 0 Å². The fraction of sp³-hybridized carbons (Fsp3) is 0. The molecule has 0 aliphatic rings. The summed E-state index contributed by atoms with van der Waals surface area (Å²) in [6.07, 6.45) is 5.17. The van der Waals surface area contributed by atoms with Crippen molar-refractivity contribution in [2.75, 3.05) is 0 Å². The quantitative estimate of drug-likeness (QED) is 0.526. The summed E-state index contributed by atoms with van der Waals surface area (Å²) in [6, 6.07) is 11.2. The van der Waals surface area contributed by atoms with Crippen molar-refractivity contribution in [1.29, 1.82) is 0 Å². The Labute approximate surface area is 135 Å². The molecule has 3 aromatic rings. The lowest BCUT2D eigenvalue weighted by Crippen LogP contribution is -1.90. The second-order valence-corrected chi connectivity index (χ2v) is 6.24. The first-order valence-electron chi connectivity index (χ1n) is 6.01. The molecule has 104 valence electrons. The van der Waals surface area contributed by atoms with Crippen LogP contribution < -0.4 is 0 Å². The highest BCUT2D eigenvalue weighted by molar-refractivity contribution is 7.99. The molecule has 7 heteroatoms. The smallest absolute Gasteiger partial charge is 0.195 e. The van der Waals surface area contributed by atoms with Crippen molar-refractivity contribution in [2.45, 2.75) is 20.2 Å². The van der Waals surface area contributed by atoms with Gasteiger partial charge in [-0.05, 0) is 53.9 Å². The van der Waals surface area contributed by atoms with E-state index in [0.29, 0.717) is 15.2 Å². The van der Waals surface area contributed by atoms with Crippen LogP contribution in [0.2, 0.25) is 5.02 Å². The molecule has 0 unspecified atom stereocenters. The molecule has 0 aliphatic heterocycles. The normalized spacial score (nSPS) is 10.5. The number of nitrogens with zero attached hydrogens (tertiary/aromatic N) is 4. The van der Waals surface area contributed by atoms with Crippen LogP contribution in [0.15, 0.2) is 75.2 Å². The summed E-state index contributed by atoms with van der Waals surface area (Å²) in [5.41, 5.74) is 0. The molecule has 0 aliphatic carbocycles. The van der Waals surface area contributed by atoms with E-state index in [-0.39, 0.29) is 0 Å². The minimum absolute atomic E-state index is 0.592. The predicted octanol–water partition coefficient (Wildman–Crippen LogP) is 4.22. The number of pyridine rings is 2. The molecular formula is C14H9ClN4S2. The lowest BCUT2D eigenvalue weighted by Gasteiger charge is -2.03. The SMILES string of the molecule is Clc1cccnc1Sc1nccc(Sc2ccccn2)n1. The van der Waals surface area contributed by atoms with Crippen LogP contribution in [0, 0.1) is 0 Å². The summed E-state index contributed by atoms with van der Waals surface area (Å²) in [6.45, 7) is 0. The van der Waals surface area contributed by atoms with E-state index in [1.54, 1.807) is 30.7 Å². The number of rotatable bonds is 4. The Hall–Kier alpha value is -1.63. The average molecular weight is 333 g/mol. The van der Waals surface area contributed by atoms with E-state index in [9.17, 15) is 0 Å². The zero-order valence-corrected chi connectivity index (χ0v) is 13.1. The molecule has 0 saturated carbocycles.